The number of nitrogens with zero attached hydrogens (tertiary/aromatic N) is 2. The lowest BCUT2D eigenvalue weighted by Crippen LogP contribution is -2.51. The Morgan fingerprint density at radius 3 is 2.58 bits per heavy atom. The van der Waals surface area contributed by atoms with E-state index in [2.05, 4.69) is 27.4 Å². The van der Waals surface area contributed by atoms with Crippen molar-refractivity contribution in [3.05, 3.63) is 0 Å². The Labute approximate surface area is 147 Å². The normalized spacial score (nSPS) is 23.2. The number of rotatable bonds is 7. The molecule has 0 aromatic heterocycles. The van der Waals surface area contributed by atoms with Crippen LogP contribution in [0.4, 0.5) is 0 Å². The molecule has 6 nitrogen and oxygen atoms in total. The first kappa shape index (κ1) is 19.5. The number of guanidine groups is 1. The van der Waals surface area contributed by atoms with E-state index in [1.54, 1.807) is 7.11 Å². The lowest BCUT2D eigenvalue weighted by Gasteiger charge is -2.36. The van der Waals surface area contributed by atoms with Crippen molar-refractivity contribution < 1.29 is 9.47 Å². The fourth-order valence-electron chi connectivity index (χ4n) is 3.46. The minimum Gasteiger partial charge on any atom is -0.381 e. The van der Waals surface area contributed by atoms with Gasteiger partial charge >= 0.3 is 0 Å². The topological polar surface area (TPSA) is 58.1 Å². The van der Waals surface area contributed by atoms with Crippen LogP contribution in [0.5, 0.6) is 0 Å². The van der Waals surface area contributed by atoms with E-state index in [1.807, 2.05) is 7.05 Å². The van der Waals surface area contributed by atoms with Crippen molar-refractivity contribution in [3.63, 3.8) is 0 Å². The van der Waals surface area contributed by atoms with E-state index in [0.717, 1.165) is 57.4 Å². The number of likely N-dealkylation sites (tertiary alicyclic amines) is 1. The van der Waals surface area contributed by atoms with Crippen LogP contribution >= 0.6 is 0 Å². The van der Waals surface area contributed by atoms with Crippen molar-refractivity contribution in [1.82, 2.24) is 15.5 Å². The Morgan fingerprint density at radius 1 is 1.25 bits per heavy atom. The number of aliphatic imine (C=N–C) groups is 1. The summed E-state index contributed by atoms with van der Waals surface area (Å²) in [6, 6.07) is 0. The zero-order valence-electron chi connectivity index (χ0n) is 15.8. The van der Waals surface area contributed by atoms with E-state index in [9.17, 15) is 0 Å². The first-order valence-electron chi connectivity index (χ1n) is 9.47. The summed E-state index contributed by atoms with van der Waals surface area (Å²) in [4.78, 5) is 6.91. The maximum atomic E-state index is 5.76. The Morgan fingerprint density at radius 2 is 1.96 bits per heavy atom. The van der Waals surface area contributed by atoms with Crippen LogP contribution in [0.2, 0.25) is 0 Å². The van der Waals surface area contributed by atoms with Gasteiger partial charge in [0.25, 0.3) is 0 Å². The van der Waals surface area contributed by atoms with Crippen molar-refractivity contribution >= 4 is 5.96 Å². The largest absolute Gasteiger partial charge is 0.381 e. The van der Waals surface area contributed by atoms with Gasteiger partial charge in [-0.15, -0.1) is 0 Å². The molecule has 0 saturated carbocycles. The fraction of sp³-hybridized carbons (Fsp3) is 0.944. The van der Waals surface area contributed by atoms with Gasteiger partial charge in [-0.2, -0.15) is 0 Å². The molecule has 0 spiro atoms. The average Bonchev–Trinajstić information content (AvgIpc) is 2.63. The number of ether oxygens (including phenoxy) is 2. The van der Waals surface area contributed by atoms with Gasteiger partial charge in [-0.25, -0.2) is 0 Å². The Kier molecular flexibility index (Phi) is 8.29. The summed E-state index contributed by atoms with van der Waals surface area (Å²) in [5.74, 6) is 1.77. The second-order valence-corrected chi connectivity index (χ2v) is 7.23. The quantitative estimate of drug-likeness (QED) is 0.418. The first-order valence-corrected chi connectivity index (χ1v) is 9.47. The highest BCUT2D eigenvalue weighted by molar-refractivity contribution is 5.79. The van der Waals surface area contributed by atoms with Crippen LogP contribution in [0, 0.1) is 5.92 Å². The van der Waals surface area contributed by atoms with Crippen LogP contribution in [0.3, 0.4) is 0 Å². The van der Waals surface area contributed by atoms with Crippen molar-refractivity contribution in [2.24, 2.45) is 10.9 Å². The van der Waals surface area contributed by atoms with Gasteiger partial charge in [-0.05, 0) is 44.8 Å². The molecule has 0 aliphatic carbocycles. The summed E-state index contributed by atoms with van der Waals surface area (Å²) in [5.41, 5.74) is -0.125. The summed E-state index contributed by atoms with van der Waals surface area (Å²) in [5, 5.41) is 6.84. The van der Waals surface area contributed by atoms with Gasteiger partial charge in [0.15, 0.2) is 5.96 Å². The molecule has 6 heteroatoms. The summed E-state index contributed by atoms with van der Waals surface area (Å²) in [7, 11) is 3.62. The van der Waals surface area contributed by atoms with Gasteiger partial charge in [0.1, 0.15) is 0 Å². The first-order chi connectivity index (χ1) is 11.7. The molecular formula is C18H36N4O2. The van der Waals surface area contributed by atoms with Gasteiger partial charge < -0.3 is 25.0 Å². The molecule has 0 unspecified atom stereocenters. The predicted octanol–water partition coefficient (Wildman–Crippen LogP) is 1.47. The molecule has 0 radical (unpaired) electrons. The number of piperidine rings is 1. The van der Waals surface area contributed by atoms with Gasteiger partial charge in [-0.1, -0.05) is 6.92 Å². The maximum absolute atomic E-state index is 5.76. The highest BCUT2D eigenvalue weighted by Gasteiger charge is 2.32. The lowest BCUT2D eigenvalue weighted by atomic mass is 9.94. The van der Waals surface area contributed by atoms with Gasteiger partial charge in [0, 0.05) is 53.3 Å². The van der Waals surface area contributed by atoms with Crippen molar-refractivity contribution in [1.29, 1.82) is 0 Å². The van der Waals surface area contributed by atoms with Crippen molar-refractivity contribution in [2.75, 3.05) is 60.1 Å². The Bertz CT molecular complexity index is 375. The molecule has 0 aromatic carbocycles. The van der Waals surface area contributed by atoms with Gasteiger partial charge in [-0.3, -0.25) is 4.99 Å². The third kappa shape index (κ3) is 6.22. The summed E-state index contributed by atoms with van der Waals surface area (Å²) < 4.78 is 11.2. The SMILES string of the molecule is CN=C(NCCCN1CCC(C)CC1)NCC1(OC)CCOCC1. The lowest BCUT2D eigenvalue weighted by molar-refractivity contribution is -0.0855. The molecule has 2 N–H and O–H groups in total. The summed E-state index contributed by atoms with van der Waals surface area (Å²) in [6.07, 6.45) is 5.71. The van der Waals surface area contributed by atoms with E-state index in [4.69, 9.17) is 9.47 Å². The smallest absolute Gasteiger partial charge is 0.191 e. The monoisotopic (exact) mass is 340 g/mol. The minimum absolute atomic E-state index is 0.125. The standard InChI is InChI=1S/C18H36N4O2/c1-16-5-11-22(12-6-16)10-4-9-20-17(19-2)21-15-18(23-3)7-13-24-14-8-18/h16H,4-15H2,1-3H3,(H2,19,20,21). The predicted molar refractivity (Wildman–Crippen MR) is 98.6 cm³/mol. The molecule has 0 bridgehead atoms. The highest BCUT2D eigenvalue weighted by Crippen LogP contribution is 2.23. The number of methoxy groups -OCH3 is 1. The molecule has 0 atom stereocenters. The van der Waals surface area contributed by atoms with Gasteiger partial charge in [0.2, 0.25) is 0 Å². The second kappa shape index (κ2) is 10.2. The van der Waals surface area contributed by atoms with Crippen LogP contribution in [-0.2, 0) is 9.47 Å². The number of hydrogen-bond acceptors (Lipinski definition) is 4. The average molecular weight is 341 g/mol. The molecule has 2 rings (SSSR count). The molecule has 2 heterocycles. The van der Waals surface area contributed by atoms with Crippen LogP contribution in [0.25, 0.3) is 0 Å². The molecular weight excluding hydrogens is 304 g/mol. The summed E-state index contributed by atoms with van der Waals surface area (Å²) in [6.45, 7) is 9.33. The zero-order chi connectivity index (χ0) is 17.3. The van der Waals surface area contributed by atoms with E-state index < -0.39 is 0 Å². The van der Waals surface area contributed by atoms with Crippen molar-refractivity contribution in [2.45, 2.75) is 44.6 Å². The third-order valence-corrected chi connectivity index (χ3v) is 5.46. The van der Waals surface area contributed by atoms with Gasteiger partial charge in [0.05, 0.1) is 5.60 Å². The van der Waals surface area contributed by atoms with E-state index in [0.29, 0.717) is 0 Å². The van der Waals surface area contributed by atoms with E-state index >= 15 is 0 Å². The van der Waals surface area contributed by atoms with E-state index in [-0.39, 0.29) is 5.60 Å². The fourth-order valence-corrected chi connectivity index (χ4v) is 3.46. The molecule has 140 valence electrons. The minimum atomic E-state index is -0.125. The van der Waals surface area contributed by atoms with Crippen molar-refractivity contribution in [3.8, 4) is 0 Å². The van der Waals surface area contributed by atoms with Crippen LogP contribution < -0.4 is 10.6 Å². The molecule has 0 aromatic rings. The molecule has 0 amide bonds. The van der Waals surface area contributed by atoms with E-state index in [1.165, 1.54) is 32.5 Å². The molecule has 2 aliphatic rings. The summed E-state index contributed by atoms with van der Waals surface area (Å²) >= 11 is 0. The maximum Gasteiger partial charge on any atom is 0.191 e. The number of nitrogens with one attached hydrogen (secondary N) is 2. The van der Waals surface area contributed by atoms with Crippen LogP contribution in [0.15, 0.2) is 4.99 Å². The third-order valence-electron chi connectivity index (χ3n) is 5.46. The number of hydrogen-bond donors (Lipinski definition) is 2. The molecule has 2 saturated heterocycles. The second-order valence-electron chi connectivity index (χ2n) is 7.23. The highest BCUT2D eigenvalue weighted by atomic mass is 16.5. The van der Waals surface area contributed by atoms with Crippen LogP contribution in [0.1, 0.15) is 39.0 Å². The van der Waals surface area contributed by atoms with Crippen LogP contribution in [-0.4, -0.2) is 76.6 Å². The Hall–Kier alpha value is -0.850. The molecule has 2 aliphatic heterocycles. The Balaban J connectivity index is 1.61. The zero-order valence-corrected chi connectivity index (χ0v) is 15.8. The molecule has 24 heavy (non-hydrogen) atoms. The molecule has 2 fully saturated rings.